The standard InChI is InChI=1S/C17H11Cl2F2NO3S/c1-26(23,24)15-3-2-9(6-13(15)21)16-14(8-20)25-22-17(16)10-4-11(18)7-12(19)5-10/h2-7H,8H2,1H3. The molecule has 0 amide bonds. The summed E-state index contributed by atoms with van der Waals surface area (Å²) in [5.74, 6) is -1.08. The van der Waals surface area contributed by atoms with Gasteiger partial charge in [-0.05, 0) is 35.9 Å². The number of hydrogen-bond donors (Lipinski definition) is 0. The van der Waals surface area contributed by atoms with Crippen molar-refractivity contribution in [3.63, 3.8) is 0 Å². The van der Waals surface area contributed by atoms with E-state index in [9.17, 15) is 17.2 Å². The first-order chi connectivity index (χ1) is 12.2. The van der Waals surface area contributed by atoms with Crippen LogP contribution in [0.2, 0.25) is 10.0 Å². The highest BCUT2D eigenvalue weighted by molar-refractivity contribution is 7.90. The van der Waals surface area contributed by atoms with Gasteiger partial charge in [-0.3, -0.25) is 0 Å². The van der Waals surface area contributed by atoms with Gasteiger partial charge >= 0.3 is 0 Å². The van der Waals surface area contributed by atoms with Gasteiger partial charge in [-0.25, -0.2) is 17.2 Å². The molecule has 0 aliphatic rings. The van der Waals surface area contributed by atoms with Gasteiger partial charge in [-0.15, -0.1) is 0 Å². The Labute approximate surface area is 158 Å². The van der Waals surface area contributed by atoms with Crippen LogP contribution in [0.3, 0.4) is 0 Å². The van der Waals surface area contributed by atoms with E-state index in [1.165, 1.54) is 12.1 Å². The molecular formula is C17H11Cl2F2NO3S. The molecule has 26 heavy (non-hydrogen) atoms. The van der Waals surface area contributed by atoms with Gasteiger partial charge in [-0.1, -0.05) is 34.4 Å². The van der Waals surface area contributed by atoms with E-state index in [-0.39, 0.29) is 22.6 Å². The van der Waals surface area contributed by atoms with Crippen LogP contribution in [-0.4, -0.2) is 19.8 Å². The molecule has 9 heteroatoms. The number of rotatable bonds is 4. The molecule has 0 bridgehead atoms. The fraction of sp³-hybridized carbons (Fsp3) is 0.118. The number of sulfone groups is 1. The Balaban J connectivity index is 2.22. The molecule has 0 saturated carbocycles. The fourth-order valence-electron chi connectivity index (χ4n) is 2.56. The highest BCUT2D eigenvalue weighted by Crippen LogP contribution is 2.38. The van der Waals surface area contributed by atoms with E-state index in [1.807, 2.05) is 0 Å². The van der Waals surface area contributed by atoms with Crippen LogP contribution < -0.4 is 0 Å². The van der Waals surface area contributed by atoms with Crippen molar-refractivity contribution in [2.75, 3.05) is 6.26 Å². The molecule has 4 nitrogen and oxygen atoms in total. The molecule has 136 valence electrons. The van der Waals surface area contributed by atoms with Crippen molar-refractivity contribution in [1.82, 2.24) is 5.16 Å². The van der Waals surface area contributed by atoms with Gasteiger partial charge in [0.15, 0.2) is 22.3 Å². The minimum absolute atomic E-state index is 0.123. The third kappa shape index (κ3) is 3.60. The molecule has 1 aromatic heterocycles. The van der Waals surface area contributed by atoms with Crippen LogP contribution in [0, 0.1) is 5.82 Å². The lowest BCUT2D eigenvalue weighted by Crippen LogP contribution is -2.01. The van der Waals surface area contributed by atoms with Crippen molar-refractivity contribution >= 4 is 33.0 Å². The van der Waals surface area contributed by atoms with E-state index in [2.05, 4.69) is 5.16 Å². The van der Waals surface area contributed by atoms with Crippen molar-refractivity contribution < 1.29 is 21.7 Å². The van der Waals surface area contributed by atoms with Gasteiger partial charge in [0.05, 0.1) is 5.56 Å². The Bertz CT molecular complexity index is 1080. The zero-order chi connectivity index (χ0) is 19.1. The van der Waals surface area contributed by atoms with E-state index < -0.39 is 27.2 Å². The smallest absolute Gasteiger partial charge is 0.178 e. The summed E-state index contributed by atoms with van der Waals surface area (Å²) in [7, 11) is -3.73. The molecule has 3 aromatic rings. The van der Waals surface area contributed by atoms with Crippen LogP contribution in [0.1, 0.15) is 5.76 Å². The normalized spacial score (nSPS) is 11.7. The van der Waals surface area contributed by atoms with E-state index in [1.54, 1.807) is 12.1 Å². The molecule has 0 radical (unpaired) electrons. The third-order valence-electron chi connectivity index (χ3n) is 3.64. The Kier molecular flexibility index (Phi) is 5.05. The van der Waals surface area contributed by atoms with Gasteiger partial charge in [0.2, 0.25) is 0 Å². The minimum atomic E-state index is -3.73. The fourth-order valence-corrected chi connectivity index (χ4v) is 3.81. The predicted molar refractivity (Wildman–Crippen MR) is 95.3 cm³/mol. The van der Waals surface area contributed by atoms with Crippen molar-refractivity contribution in [3.8, 4) is 22.4 Å². The highest BCUT2D eigenvalue weighted by atomic mass is 35.5. The Morgan fingerprint density at radius 2 is 1.73 bits per heavy atom. The lowest BCUT2D eigenvalue weighted by atomic mass is 9.99. The zero-order valence-electron chi connectivity index (χ0n) is 13.3. The summed E-state index contributed by atoms with van der Waals surface area (Å²) in [5.41, 5.74) is 1.08. The van der Waals surface area contributed by atoms with Gasteiger partial charge in [0.1, 0.15) is 16.4 Å². The second-order valence-electron chi connectivity index (χ2n) is 5.54. The van der Waals surface area contributed by atoms with Crippen LogP contribution in [-0.2, 0) is 16.5 Å². The number of hydrogen-bond acceptors (Lipinski definition) is 4. The van der Waals surface area contributed by atoms with Crippen LogP contribution in [0.4, 0.5) is 8.78 Å². The van der Waals surface area contributed by atoms with E-state index in [4.69, 9.17) is 27.7 Å². The average Bonchev–Trinajstić information content (AvgIpc) is 2.96. The summed E-state index contributed by atoms with van der Waals surface area (Å²) in [6.07, 6.45) is 0.900. The molecular weight excluding hydrogens is 407 g/mol. The second-order valence-corrected chi connectivity index (χ2v) is 8.40. The van der Waals surface area contributed by atoms with Gasteiger partial charge in [-0.2, -0.15) is 0 Å². The summed E-state index contributed by atoms with van der Waals surface area (Å²) in [6.45, 7) is -0.980. The molecule has 0 atom stereocenters. The van der Waals surface area contributed by atoms with Crippen LogP contribution >= 0.6 is 23.2 Å². The molecule has 0 saturated heterocycles. The monoisotopic (exact) mass is 417 g/mol. The second kappa shape index (κ2) is 6.98. The first kappa shape index (κ1) is 18.8. The first-order valence-electron chi connectivity index (χ1n) is 7.21. The van der Waals surface area contributed by atoms with E-state index in [0.717, 1.165) is 18.4 Å². The highest BCUT2D eigenvalue weighted by Gasteiger charge is 2.22. The van der Waals surface area contributed by atoms with Crippen molar-refractivity contribution in [2.45, 2.75) is 11.6 Å². The maximum Gasteiger partial charge on any atom is 0.178 e. The van der Waals surface area contributed by atoms with E-state index >= 15 is 0 Å². The zero-order valence-corrected chi connectivity index (χ0v) is 15.6. The summed E-state index contributed by atoms with van der Waals surface area (Å²) in [5, 5.41) is 4.51. The van der Waals surface area contributed by atoms with Gasteiger partial charge in [0.25, 0.3) is 0 Å². The maximum atomic E-state index is 14.3. The van der Waals surface area contributed by atoms with Crippen molar-refractivity contribution in [1.29, 1.82) is 0 Å². The van der Waals surface area contributed by atoms with Crippen molar-refractivity contribution in [3.05, 3.63) is 58.0 Å². The number of nitrogens with zero attached hydrogens (tertiary/aromatic N) is 1. The molecule has 0 spiro atoms. The summed E-state index contributed by atoms with van der Waals surface area (Å²) in [6, 6.07) is 8.10. The third-order valence-corrected chi connectivity index (χ3v) is 5.21. The van der Waals surface area contributed by atoms with E-state index in [0.29, 0.717) is 15.6 Å². The van der Waals surface area contributed by atoms with Crippen LogP contribution in [0.25, 0.3) is 22.4 Å². The summed E-state index contributed by atoms with van der Waals surface area (Å²) < 4.78 is 55.8. The maximum absolute atomic E-state index is 14.3. The molecule has 1 heterocycles. The van der Waals surface area contributed by atoms with Crippen molar-refractivity contribution in [2.24, 2.45) is 0 Å². The average molecular weight is 418 g/mol. The first-order valence-corrected chi connectivity index (χ1v) is 9.86. The van der Waals surface area contributed by atoms with Crippen LogP contribution in [0.5, 0.6) is 0 Å². The Morgan fingerprint density at radius 1 is 1.08 bits per heavy atom. The summed E-state index contributed by atoms with van der Waals surface area (Å²) in [4.78, 5) is -0.452. The lowest BCUT2D eigenvalue weighted by molar-refractivity contribution is 0.332. The molecule has 2 aromatic carbocycles. The van der Waals surface area contributed by atoms with Gasteiger partial charge < -0.3 is 4.52 Å². The Hall–Kier alpha value is -1.96. The molecule has 0 unspecified atom stereocenters. The molecule has 0 N–H and O–H groups in total. The number of benzene rings is 2. The predicted octanol–water partition coefficient (Wildman–Crippen LogP) is 5.33. The minimum Gasteiger partial charge on any atom is -0.357 e. The topological polar surface area (TPSA) is 60.2 Å². The SMILES string of the molecule is CS(=O)(=O)c1ccc(-c2c(-c3cc(Cl)cc(Cl)c3)noc2CF)cc1F. The molecule has 0 aliphatic heterocycles. The molecule has 0 fully saturated rings. The van der Waals surface area contributed by atoms with Crippen LogP contribution in [0.15, 0.2) is 45.8 Å². The number of alkyl halides is 1. The summed E-state index contributed by atoms with van der Waals surface area (Å²) >= 11 is 12.0. The molecule has 0 aliphatic carbocycles. The number of halogens is 4. The Morgan fingerprint density at radius 3 is 2.27 bits per heavy atom. The largest absolute Gasteiger partial charge is 0.357 e. The molecule has 3 rings (SSSR count). The quantitative estimate of drug-likeness (QED) is 0.575. The van der Waals surface area contributed by atoms with Gasteiger partial charge in [0, 0.05) is 21.9 Å². The number of aromatic nitrogens is 1. The lowest BCUT2D eigenvalue weighted by Gasteiger charge is -2.07.